The first-order valence-electron chi connectivity index (χ1n) is 8.53. The fourth-order valence-electron chi connectivity index (χ4n) is 2.94. The van der Waals surface area contributed by atoms with Gasteiger partial charge in [0.05, 0.1) is 20.6 Å². The molecular weight excluding hydrogens is 346 g/mol. The summed E-state index contributed by atoms with van der Waals surface area (Å²) in [5, 5.41) is 4.44. The van der Waals surface area contributed by atoms with Crippen molar-refractivity contribution >= 4 is 17.4 Å². The lowest BCUT2D eigenvalue weighted by Crippen LogP contribution is -2.32. The summed E-state index contributed by atoms with van der Waals surface area (Å²) in [4.78, 5) is 23.0. The van der Waals surface area contributed by atoms with Crippen molar-refractivity contribution in [2.24, 2.45) is 4.99 Å². The van der Waals surface area contributed by atoms with Crippen molar-refractivity contribution in [1.29, 1.82) is 0 Å². The number of amidine groups is 1. The third kappa shape index (κ3) is 4.38. The van der Waals surface area contributed by atoms with Crippen LogP contribution in [0.15, 0.2) is 53.5 Å². The normalized spacial score (nSPS) is 18.8. The zero-order chi connectivity index (χ0) is 19.4. The van der Waals surface area contributed by atoms with Crippen LogP contribution in [0.3, 0.4) is 0 Å². The van der Waals surface area contributed by atoms with E-state index in [2.05, 4.69) is 10.3 Å². The Bertz CT molecular complexity index is 831. The molecule has 2 aromatic carbocycles. The number of methoxy groups -OCH3 is 2. The van der Waals surface area contributed by atoms with Crippen LogP contribution in [0, 0.1) is 0 Å². The molecule has 1 aliphatic heterocycles. The van der Waals surface area contributed by atoms with Crippen molar-refractivity contribution in [2.45, 2.75) is 19.1 Å². The Morgan fingerprint density at radius 1 is 1.15 bits per heavy atom. The maximum absolute atomic E-state index is 12.6. The number of anilines is 1. The topological polar surface area (TPSA) is 72.4 Å². The summed E-state index contributed by atoms with van der Waals surface area (Å²) in [7, 11) is 4.90. The highest BCUT2D eigenvalue weighted by Gasteiger charge is 2.37. The van der Waals surface area contributed by atoms with Crippen molar-refractivity contribution in [1.82, 2.24) is 5.06 Å². The summed E-state index contributed by atoms with van der Waals surface area (Å²) in [5.41, 5.74) is 0.535. The number of carbonyl (C=O) groups is 1. The molecule has 0 spiro atoms. The summed E-state index contributed by atoms with van der Waals surface area (Å²) in [5.74, 6) is 1.66. The highest BCUT2D eigenvalue weighted by Crippen LogP contribution is 2.30. The minimum absolute atomic E-state index is 0.0627. The first kappa shape index (κ1) is 18.7. The highest BCUT2D eigenvalue weighted by molar-refractivity contribution is 5.99. The van der Waals surface area contributed by atoms with Gasteiger partial charge in [0.2, 0.25) is 5.91 Å². The quantitative estimate of drug-likeness (QED) is 0.847. The largest absolute Gasteiger partial charge is 0.497 e. The van der Waals surface area contributed by atoms with E-state index in [4.69, 9.17) is 14.3 Å². The molecule has 0 saturated heterocycles. The average Bonchev–Trinajstić information content (AvgIpc) is 2.95. The second-order valence-corrected chi connectivity index (χ2v) is 6.39. The van der Waals surface area contributed by atoms with Gasteiger partial charge in [0.15, 0.2) is 11.6 Å². The van der Waals surface area contributed by atoms with E-state index in [0.29, 0.717) is 23.0 Å². The molecule has 0 aromatic heterocycles. The Hall–Kier alpha value is -3.06. The highest BCUT2D eigenvalue weighted by atomic mass is 16.7. The van der Waals surface area contributed by atoms with Crippen molar-refractivity contribution in [3.63, 3.8) is 0 Å². The van der Waals surface area contributed by atoms with E-state index in [1.807, 2.05) is 30.3 Å². The van der Waals surface area contributed by atoms with E-state index in [9.17, 15) is 4.79 Å². The van der Waals surface area contributed by atoms with Gasteiger partial charge in [-0.3, -0.25) is 4.79 Å². The van der Waals surface area contributed by atoms with E-state index in [1.165, 1.54) is 0 Å². The van der Waals surface area contributed by atoms with E-state index in [-0.39, 0.29) is 12.3 Å². The zero-order valence-corrected chi connectivity index (χ0v) is 15.9. The third-order valence-electron chi connectivity index (χ3n) is 4.13. The van der Waals surface area contributed by atoms with Gasteiger partial charge in [-0.1, -0.05) is 30.3 Å². The van der Waals surface area contributed by atoms with E-state index in [1.54, 1.807) is 51.5 Å². The number of amides is 1. The maximum Gasteiger partial charge on any atom is 0.229 e. The first-order chi connectivity index (χ1) is 12.9. The predicted molar refractivity (Wildman–Crippen MR) is 103 cm³/mol. The number of ether oxygens (including phenoxy) is 2. The molecule has 0 fully saturated rings. The number of rotatable bonds is 6. The number of nitrogens with one attached hydrogen (secondary N) is 1. The number of aliphatic imine (C=N–C) groups is 1. The number of hydrogen-bond donors (Lipinski definition) is 1. The van der Waals surface area contributed by atoms with Crippen LogP contribution in [0.4, 0.5) is 5.69 Å². The molecule has 27 heavy (non-hydrogen) atoms. The lowest BCUT2D eigenvalue weighted by Gasteiger charge is -2.21. The summed E-state index contributed by atoms with van der Waals surface area (Å²) >= 11 is 0. The standard InChI is InChI=1S/C20H23N3O4/c1-20(22-19(23(2)27-20)14-8-6-5-7-9-14)13-18(24)21-15-10-16(25-3)12-17(11-15)26-4/h5-12H,13H2,1-4H3,(H,21,24). The van der Waals surface area contributed by atoms with Gasteiger partial charge < -0.3 is 14.8 Å². The van der Waals surface area contributed by atoms with Crippen molar-refractivity contribution < 1.29 is 19.1 Å². The van der Waals surface area contributed by atoms with Gasteiger partial charge in [-0.25, -0.2) is 14.9 Å². The number of carbonyl (C=O) groups excluding carboxylic acids is 1. The van der Waals surface area contributed by atoms with Crippen LogP contribution < -0.4 is 14.8 Å². The number of nitrogens with zero attached hydrogens (tertiary/aromatic N) is 2. The van der Waals surface area contributed by atoms with E-state index < -0.39 is 5.72 Å². The molecule has 0 saturated carbocycles. The molecule has 1 aliphatic rings. The molecule has 3 rings (SSSR count). The molecule has 1 atom stereocenters. The van der Waals surface area contributed by atoms with Crippen LogP contribution >= 0.6 is 0 Å². The van der Waals surface area contributed by atoms with Gasteiger partial charge in [-0.2, -0.15) is 0 Å². The Labute approximate surface area is 158 Å². The van der Waals surface area contributed by atoms with E-state index >= 15 is 0 Å². The van der Waals surface area contributed by atoms with Gasteiger partial charge in [0.25, 0.3) is 0 Å². The maximum atomic E-state index is 12.6. The summed E-state index contributed by atoms with van der Waals surface area (Å²) in [6, 6.07) is 14.9. The molecule has 0 radical (unpaired) electrons. The van der Waals surface area contributed by atoms with Gasteiger partial charge in [-0.15, -0.1) is 0 Å². The van der Waals surface area contributed by atoms with Gasteiger partial charge in [-0.05, 0) is 6.92 Å². The van der Waals surface area contributed by atoms with E-state index in [0.717, 1.165) is 5.56 Å². The molecular formula is C20H23N3O4. The Balaban J connectivity index is 1.73. The SMILES string of the molecule is COc1cc(NC(=O)CC2(C)N=C(c3ccccc3)N(C)O2)cc(OC)c1. The van der Waals surface area contributed by atoms with Crippen LogP contribution in [-0.2, 0) is 9.63 Å². The monoisotopic (exact) mass is 369 g/mol. The summed E-state index contributed by atoms with van der Waals surface area (Å²) < 4.78 is 10.4. The predicted octanol–water partition coefficient (Wildman–Crippen LogP) is 3.07. The summed E-state index contributed by atoms with van der Waals surface area (Å²) in [6.07, 6.45) is 0.0627. The smallest absolute Gasteiger partial charge is 0.229 e. The second-order valence-electron chi connectivity index (χ2n) is 6.39. The van der Waals surface area contributed by atoms with Crippen molar-refractivity contribution in [3.8, 4) is 11.5 Å². The zero-order valence-electron chi connectivity index (χ0n) is 15.9. The van der Waals surface area contributed by atoms with Gasteiger partial charge >= 0.3 is 0 Å². The lowest BCUT2D eigenvalue weighted by atomic mass is 10.1. The molecule has 0 aliphatic carbocycles. The van der Waals surface area contributed by atoms with Crippen LogP contribution in [0.1, 0.15) is 18.9 Å². The molecule has 0 bridgehead atoms. The molecule has 1 amide bonds. The summed E-state index contributed by atoms with van der Waals surface area (Å²) in [6.45, 7) is 1.78. The number of benzene rings is 2. The molecule has 1 heterocycles. The molecule has 7 heteroatoms. The molecule has 1 unspecified atom stereocenters. The lowest BCUT2D eigenvalue weighted by molar-refractivity contribution is -0.164. The fraction of sp³-hybridized carbons (Fsp3) is 0.300. The van der Waals surface area contributed by atoms with Gasteiger partial charge in [0.1, 0.15) is 11.5 Å². The van der Waals surface area contributed by atoms with Crippen LogP contribution in [0.2, 0.25) is 0 Å². The Kier molecular flexibility index (Phi) is 5.32. The Morgan fingerprint density at radius 3 is 2.37 bits per heavy atom. The second kappa shape index (κ2) is 7.67. The van der Waals surface area contributed by atoms with Crippen LogP contribution in [0.25, 0.3) is 0 Å². The van der Waals surface area contributed by atoms with Crippen LogP contribution in [-0.4, -0.2) is 43.8 Å². The average molecular weight is 369 g/mol. The van der Waals surface area contributed by atoms with Crippen molar-refractivity contribution in [2.75, 3.05) is 26.6 Å². The molecule has 142 valence electrons. The fourth-order valence-corrected chi connectivity index (χ4v) is 2.94. The Morgan fingerprint density at radius 2 is 1.78 bits per heavy atom. The van der Waals surface area contributed by atoms with Gasteiger partial charge in [0, 0.05) is 36.5 Å². The molecule has 7 nitrogen and oxygen atoms in total. The first-order valence-corrected chi connectivity index (χ1v) is 8.53. The number of hydrogen-bond acceptors (Lipinski definition) is 6. The molecule has 2 aromatic rings. The number of hydroxylamine groups is 2. The van der Waals surface area contributed by atoms with Crippen LogP contribution in [0.5, 0.6) is 11.5 Å². The third-order valence-corrected chi connectivity index (χ3v) is 4.13. The minimum atomic E-state index is -0.979. The minimum Gasteiger partial charge on any atom is -0.497 e. The molecule has 1 N–H and O–H groups in total. The van der Waals surface area contributed by atoms with Crippen molar-refractivity contribution in [3.05, 3.63) is 54.1 Å².